The van der Waals surface area contributed by atoms with Crippen LogP contribution in [0.4, 0.5) is 5.82 Å². The van der Waals surface area contributed by atoms with Crippen LogP contribution < -0.4 is 14.8 Å². The molecule has 2 aromatic carbocycles. The largest absolute Gasteiger partial charge is 0.454 e. The van der Waals surface area contributed by atoms with Gasteiger partial charge in [0.15, 0.2) is 11.5 Å². The average Bonchev–Trinajstić information content (AvgIpc) is 3.39. The van der Waals surface area contributed by atoms with Gasteiger partial charge < -0.3 is 14.8 Å². The van der Waals surface area contributed by atoms with Crippen LogP contribution in [-0.4, -0.2) is 23.3 Å². The summed E-state index contributed by atoms with van der Waals surface area (Å²) in [4.78, 5) is 10.2. The zero-order chi connectivity index (χ0) is 18.1. The summed E-state index contributed by atoms with van der Waals surface area (Å²) in [7, 11) is 0. The predicted octanol–water partition coefficient (Wildman–Crippen LogP) is 4.74. The molecule has 0 spiro atoms. The van der Waals surface area contributed by atoms with Crippen LogP contribution in [0.1, 0.15) is 4.88 Å². The highest BCUT2D eigenvalue weighted by Crippen LogP contribution is 2.36. The number of fused-ring (bicyclic) bond motifs is 2. The highest BCUT2D eigenvalue weighted by molar-refractivity contribution is 7.09. The number of thiophene rings is 1. The topological polar surface area (TPSA) is 56.3 Å². The van der Waals surface area contributed by atoms with Crippen LogP contribution >= 0.6 is 11.3 Å². The fourth-order valence-electron chi connectivity index (χ4n) is 3.21. The lowest BCUT2D eigenvalue weighted by molar-refractivity contribution is 0.174. The van der Waals surface area contributed by atoms with E-state index in [-0.39, 0.29) is 6.79 Å². The third-order valence-electron chi connectivity index (χ3n) is 4.59. The summed E-state index contributed by atoms with van der Waals surface area (Å²) in [5.74, 6) is 2.43. The van der Waals surface area contributed by atoms with Gasteiger partial charge in [-0.2, -0.15) is 0 Å². The van der Waals surface area contributed by atoms with Gasteiger partial charge in [0.05, 0.1) is 5.52 Å². The van der Waals surface area contributed by atoms with Gasteiger partial charge >= 0.3 is 0 Å². The van der Waals surface area contributed by atoms with E-state index in [1.165, 1.54) is 4.88 Å². The highest BCUT2D eigenvalue weighted by atomic mass is 32.1. The van der Waals surface area contributed by atoms with Gasteiger partial charge in [0.2, 0.25) is 6.79 Å². The maximum atomic E-state index is 5.50. The second-order valence-electron chi connectivity index (χ2n) is 6.28. The molecule has 0 atom stereocenters. The van der Waals surface area contributed by atoms with Crippen molar-refractivity contribution in [3.05, 3.63) is 65.1 Å². The molecule has 3 heterocycles. The van der Waals surface area contributed by atoms with E-state index in [9.17, 15) is 0 Å². The van der Waals surface area contributed by atoms with E-state index in [4.69, 9.17) is 9.47 Å². The fraction of sp³-hybridized carbons (Fsp3) is 0.143. The normalized spacial score (nSPS) is 12.4. The van der Waals surface area contributed by atoms with Crippen molar-refractivity contribution in [2.24, 2.45) is 0 Å². The van der Waals surface area contributed by atoms with Crippen LogP contribution in [0.25, 0.3) is 22.0 Å². The maximum Gasteiger partial charge on any atom is 0.231 e. The Bertz CT molecular complexity index is 1100. The molecule has 0 amide bonds. The summed E-state index contributed by atoms with van der Waals surface area (Å²) in [5.41, 5.74) is 3.10. The Morgan fingerprint density at radius 1 is 0.963 bits per heavy atom. The number of ether oxygens (including phenoxy) is 2. The van der Waals surface area contributed by atoms with Crippen LogP contribution in [0.5, 0.6) is 11.5 Å². The van der Waals surface area contributed by atoms with E-state index < -0.39 is 0 Å². The first-order valence-electron chi connectivity index (χ1n) is 8.78. The molecule has 0 fully saturated rings. The number of nitrogens with zero attached hydrogens (tertiary/aromatic N) is 2. The predicted molar refractivity (Wildman–Crippen MR) is 108 cm³/mol. The van der Waals surface area contributed by atoms with Crippen molar-refractivity contribution in [2.75, 3.05) is 18.7 Å². The van der Waals surface area contributed by atoms with Gasteiger partial charge in [0.1, 0.15) is 12.1 Å². The minimum atomic E-state index is 0.280. The second kappa shape index (κ2) is 6.89. The van der Waals surface area contributed by atoms with Crippen molar-refractivity contribution in [3.8, 4) is 22.6 Å². The molecule has 1 N–H and O–H groups in total. The minimum Gasteiger partial charge on any atom is -0.454 e. The van der Waals surface area contributed by atoms with Crippen molar-refractivity contribution < 1.29 is 9.47 Å². The van der Waals surface area contributed by atoms with Crippen molar-refractivity contribution in [1.29, 1.82) is 0 Å². The lowest BCUT2D eigenvalue weighted by Crippen LogP contribution is -2.06. The van der Waals surface area contributed by atoms with Gasteiger partial charge in [0, 0.05) is 16.8 Å². The first-order valence-corrected chi connectivity index (χ1v) is 9.66. The third-order valence-corrected chi connectivity index (χ3v) is 5.52. The number of hydrogen-bond donors (Lipinski definition) is 1. The summed E-state index contributed by atoms with van der Waals surface area (Å²) >= 11 is 1.78. The average molecular weight is 375 g/mol. The van der Waals surface area contributed by atoms with E-state index >= 15 is 0 Å². The molecule has 0 saturated heterocycles. The molecule has 2 aromatic heterocycles. The Balaban J connectivity index is 1.45. The summed E-state index contributed by atoms with van der Waals surface area (Å²) in [5, 5.41) is 6.57. The number of rotatable bonds is 5. The molecule has 0 saturated carbocycles. The molecular weight excluding hydrogens is 358 g/mol. The van der Waals surface area contributed by atoms with E-state index in [2.05, 4.69) is 44.9 Å². The van der Waals surface area contributed by atoms with Crippen LogP contribution in [-0.2, 0) is 6.42 Å². The lowest BCUT2D eigenvalue weighted by Gasteiger charge is -2.10. The molecular formula is C21H17N3O2S. The highest BCUT2D eigenvalue weighted by Gasteiger charge is 2.14. The molecule has 0 aliphatic carbocycles. The Hall–Kier alpha value is -3.12. The molecule has 6 heteroatoms. The molecule has 0 radical (unpaired) electrons. The third kappa shape index (κ3) is 3.19. The van der Waals surface area contributed by atoms with E-state index in [0.29, 0.717) is 0 Å². The summed E-state index contributed by atoms with van der Waals surface area (Å²) in [6, 6.07) is 16.5. The van der Waals surface area contributed by atoms with Gasteiger partial charge in [-0.3, -0.25) is 0 Å². The summed E-state index contributed by atoms with van der Waals surface area (Å²) in [6.07, 6.45) is 2.58. The monoisotopic (exact) mass is 375 g/mol. The zero-order valence-electron chi connectivity index (χ0n) is 14.5. The molecule has 4 aromatic rings. The summed E-state index contributed by atoms with van der Waals surface area (Å²) < 4.78 is 10.9. The number of hydrogen-bond acceptors (Lipinski definition) is 6. The standard InChI is InChI=1S/C21H17N3O2S/c1-2-16(27-9-1)7-8-22-21-17-10-14(3-5-18(17)23-12-24-21)15-4-6-19-20(11-15)26-13-25-19/h1-6,9-12H,7-8,13H2,(H,22,23,24). The molecule has 0 bridgehead atoms. The molecule has 27 heavy (non-hydrogen) atoms. The van der Waals surface area contributed by atoms with E-state index in [0.717, 1.165) is 52.3 Å². The lowest BCUT2D eigenvalue weighted by atomic mass is 10.0. The first kappa shape index (κ1) is 16.1. The minimum absolute atomic E-state index is 0.280. The van der Waals surface area contributed by atoms with Crippen LogP contribution in [0, 0.1) is 0 Å². The van der Waals surface area contributed by atoms with Crippen molar-refractivity contribution in [2.45, 2.75) is 6.42 Å². The van der Waals surface area contributed by atoms with Gasteiger partial charge in [0.25, 0.3) is 0 Å². The molecule has 0 unspecified atom stereocenters. The van der Waals surface area contributed by atoms with Gasteiger partial charge in [-0.25, -0.2) is 9.97 Å². The van der Waals surface area contributed by atoms with Gasteiger partial charge in [-0.1, -0.05) is 18.2 Å². The van der Waals surface area contributed by atoms with Crippen LogP contribution in [0.3, 0.4) is 0 Å². The molecule has 5 rings (SSSR count). The Morgan fingerprint density at radius 3 is 2.78 bits per heavy atom. The van der Waals surface area contributed by atoms with Crippen LogP contribution in [0.15, 0.2) is 60.2 Å². The Labute approximate surface area is 160 Å². The van der Waals surface area contributed by atoms with E-state index in [1.54, 1.807) is 17.7 Å². The molecule has 1 aliphatic rings. The SMILES string of the molecule is c1csc(CCNc2ncnc3ccc(-c4ccc5c(c4)OCO5)cc23)c1. The molecule has 134 valence electrons. The van der Waals surface area contributed by atoms with Crippen LogP contribution in [0.2, 0.25) is 0 Å². The van der Waals surface area contributed by atoms with Crippen molar-refractivity contribution in [1.82, 2.24) is 9.97 Å². The fourth-order valence-corrected chi connectivity index (χ4v) is 3.92. The number of benzene rings is 2. The Kier molecular flexibility index (Phi) is 4.10. The van der Waals surface area contributed by atoms with E-state index in [1.807, 2.05) is 24.3 Å². The number of nitrogens with one attached hydrogen (secondary N) is 1. The van der Waals surface area contributed by atoms with Crippen molar-refractivity contribution >= 4 is 28.1 Å². The first-order chi connectivity index (χ1) is 13.4. The number of anilines is 1. The van der Waals surface area contributed by atoms with Gasteiger partial charge in [-0.05, 0) is 53.3 Å². The van der Waals surface area contributed by atoms with Gasteiger partial charge in [-0.15, -0.1) is 11.3 Å². The zero-order valence-corrected chi connectivity index (χ0v) is 15.3. The van der Waals surface area contributed by atoms with Crippen molar-refractivity contribution in [3.63, 3.8) is 0 Å². The Morgan fingerprint density at radius 2 is 1.85 bits per heavy atom. The number of aromatic nitrogens is 2. The summed E-state index contributed by atoms with van der Waals surface area (Å²) in [6.45, 7) is 1.11. The maximum absolute atomic E-state index is 5.50. The molecule has 5 nitrogen and oxygen atoms in total. The molecule has 1 aliphatic heterocycles. The smallest absolute Gasteiger partial charge is 0.231 e. The second-order valence-corrected chi connectivity index (χ2v) is 7.31. The quantitative estimate of drug-likeness (QED) is 0.546.